The van der Waals surface area contributed by atoms with Crippen LogP contribution in [0.1, 0.15) is 25.3 Å². The summed E-state index contributed by atoms with van der Waals surface area (Å²) in [6.07, 6.45) is 3.55. The molecule has 0 saturated heterocycles. The van der Waals surface area contributed by atoms with E-state index in [0.717, 1.165) is 23.4 Å². The lowest BCUT2D eigenvalue weighted by Crippen LogP contribution is -2.18. The van der Waals surface area contributed by atoms with E-state index in [2.05, 4.69) is 10.1 Å². The maximum Gasteiger partial charge on any atom is 0.333 e. The van der Waals surface area contributed by atoms with Gasteiger partial charge in [-0.15, -0.1) is 0 Å². The Morgan fingerprint density at radius 1 is 1.38 bits per heavy atom. The molecule has 1 aromatic carbocycles. The largest absolute Gasteiger partial charge is 0.490 e. The molecule has 1 aliphatic heterocycles. The topological polar surface area (TPSA) is 64.6 Å². The maximum absolute atomic E-state index is 11.4. The molecule has 1 aliphatic rings. The zero-order valence-corrected chi connectivity index (χ0v) is 12.3. The molecule has 2 rings (SSSR count). The number of hydrogen-bond donors (Lipinski definition) is 1. The van der Waals surface area contributed by atoms with Crippen molar-refractivity contribution in [3.05, 3.63) is 35.4 Å². The fraction of sp³-hybridized carbons (Fsp3) is 0.375. The van der Waals surface area contributed by atoms with Crippen LogP contribution in [0.25, 0.3) is 0 Å². The highest BCUT2D eigenvalue weighted by Crippen LogP contribution is 2.26. The number of carbonyl (C=O) groups excluding carboxylic acids is 2. The second-order valence-corrected chi connectivity index (χ2v) is 4.75. The first kappa shape index (κ1) is 15.1. The minimum atomic E-state index is -0.325. The summed E-state index contributed by atoms with van der Waals surface area (Å²) >= 11 is 0. The third kappa shape index (κ3) is 3.84. The minimum absolute atomic E-state index is 0.0461. The smallest absolute Gasteiger partial charge is 0.333 e. The van der Waals surface area contributed by atoms with E-state index < -0.39 is 0 Å². The number of anilines is 1. The van der Waals surface area contributed by atoms with E-state index in [4.69, 9.17) is 4.74 Å². The number of carbonyl (C=O) groups is 2. The van der Waals surface area contributed by atoms with Crippen molar-refractivity contribution in [3.8, 4) is 5.75 Å². The Hall–Kier alpha value is -2.30. The molecule has 1 N–H and O–H groups in total. The van der Waals surface area contributed by atoms with Crippen LogP contribution in [0, 0.1) is 0 Å². The van der Waals surface area contributed by atoms with E-state index >= 15 is 0 Å². The summed E-state index contributed by atoms with van der Waals surface area (Å²) in [6.45, 7) is 2.20. The van der Waals surface area contributed by atoms with Crippen LogP contribution in [0.5, 0.6) is 5.75 Å². The van der Waals surface area contributed by atoms with Crippen LogP contribution < -0.4 is 10.1 Å². The Bertz CT molecular complexity index is 578. The molecule has 1 amide bonds. The van der Waals surface area contributed by atoms with Gasteiger partial charge < -0.3 is 14.8 Å². The minimum Gasteiger partial charge on any atom is -0.490 e. The van der Waals surface area contributed by atoms with Crippen molar-refractivity contribution in [2.75, 3.05) is 19.0 Å². The van der Waals surface area contributed by atoms with Crippen molar-refractivity contribution in [1.29, 1.82) is 0 Å². The average Bonchev–Trinajstić information content (AvgIpc) is 2.51. The third-order valence-corrected chi connectivity index (χ3v) is 3.38. The quantitative estimate of drug-likeness (QED) is 0.668. The first-order valence-corrected chi connectivity index (χ1v) is 6.97. The van der Waals surface area contributed by atoms with Gasteiger partial charge in [0.15, 0.2) is 0 Å². The van der Waals surface area contributed by atoms with E-state index in [0.29, 0.717) is 25.0 Å². The monoisotopic (exact) mass is 289 g/mol. The Morgan fingerprint density at radius 2 is 2.19 bits per heavy atom. The summed E-state index contributed by atoms with van der Waals surface area (Å²) in [7, 11) is 1.37. The van der Waals surface area contributed by atoms with E-state index in [9.17, 15) is 9.59 Å². The molecular weight excluding hydrogens is 270 g/mol. The summed E-state index contributed by atoms with van der Waals surface area (Å²) < 4.78 is 10.3. The molecule has 5 nitrogen and oxygen atoms in total. The normalized spacial score (nSPS) is 14.2. The molecule has 0 atom stereocenters. The number of nitrogens with one attached hydrogen (secondary N) is 1. The number of amides is 1. The number of hydrogen-bond acceptors (Lipinski definition) is 4. The molecule has 0 aromatic heterocycles. The number of benzene rings is 1. The van der Waals surface area contributed by atoms with Gasteiger partial charge in [0.2, 0.25) is 5.91 Å². The van der Waals surface area contributed by atoms with E-state index in [1.54, 1.807) is 6.08 Å². The van der Waals surface area contributed by atoms with Crippen LogP contribution in [0.2, 0.25) is 0 Å². The van der Waals surface area contributed by atoms with Gasteiger partial charge in [-0.3, -0.25) is 4.79 Å². The second kappa shape index (κ2) is 6.92. The summed E-state index contributed by atoms with van der Waals surface area (Å²) in [5.41, 5.74) is 2.51. The van der Waals surface area contributed by atoms with E-state index in [1.165, 1.54) is 7.11 Å². The number of aryl methyl sites for hydroxylation is 1. The Kier molecular flexibility index (Phi) is 4.98. The lowest BCUT2D eigenvalue weighted by atomic mass is 10.0. The van der Waals surface area contributed by atoms with Crippen LogP contribution in [0.3, 0.4) is 0 Å². The van der Waals surface area contributed by atoms with Gasteiger partial charge in [0, 0.05) is 17.7 Å². The first-order valence-electron chi connectivity index (χ1n) is 6.97. The van der Waals surface area contributed by atoms with Crippen molar-refractivity contribution in [3.63, 3.8) is 0 Å². The summed E-state index contributed by atoms with van der Waals surface area (Å²) in [4.78, 5) is 22.7. The third-order valence-electron chi connectivity index (χ3n) is 3.38. The summed E-state index contributed by atoms with van der Waals surface area (Å²) in [5.74, 6) is 0.445. The standard InChI is InChI=1S/C16H19NO4/c1-3-11(16(19)20-2)8-9-21-13-5-6-14-12(10-13)4-7-15(18)17-14/h5-6,8,10H,3-4,7,9H2,1-2H3,(H,17,18). The number of methoxy groups -OCH3 is 1. The van der Waals surface area contributed by atoms with Gasteiger partial charge in [-0.25, -0.2) is 4.79 Å². The fourth-order valence-electron chi connectivity index (χ4n) is 2.19. The van der Waals surface area contributed by atoms with Gasteiger partial charge in [0.25, 0.3) is 0 Å². The molecule has 21 heavy (non-hydrogen) atoms. The Labute approximate surface area is 123 Å². The van der Waals surface area contributed by atoms with Crippen molar-refractivity contribution in [1.82, 2.24) is 0 Å². The molecule has 0 fully saturated rings. The van der Waals surface area contributed by atoms with Gasteiger partial charge >= 0.3 is 5.97 Å². The van der Waals surface area contributed by atoms with Gasteiger partial charge in [-0.2, -0.15) is 0 Å². The number of esters is 1. The molecule has 0 unspecified atom stereocenters. The van der Waals surface area contributed by atoms with Crippen LogP contribution in [-0.2, 0) is 20.7 Å². The van der Waals surface area contributed by atoms with E-state index in [-0.39, 0.29) is 11.9 Å². The molecule has 0 aliphatic carbocycles. The summed E-state index contributed by atoms with van der Waals surface area (Å²) in [5, 5.41) is 2.83. The molecule has 0 spiro atoms. The Balaban J connectivity index is 1.99. The SMILES string of the molecule is CCC(=CCOc1ccc2c(c1)CCC(=O)N2)C(=O)OC. The summed E-state index contributed by atoms with van der Waals surface area (Å²) in [6, 6.07) is 5.57. The van der Waals surface area contributed by atoms with Gasteiger partial charge in [0.05, 0.1) is 7.11 Å². The molecule has 0 bridgehead atoms. The number of rotatable bonds is 5. The van der Waals surface area contributed by atoms with Crippen LogP contribution >= 0.6 is 0 Å². The predicted molar refractivity (Wildman–Crippen MR) is 79.3 cm³/mol. The predicted octanol–water partition coefficient (Wildman–Crippen LogP) is 2.46. The van der Waals surface area contributed by atoms with Gasteiger partial charge in [0.1, 0.15) is 12.4 Å². The van der Waals surface area contributed by atoms with Crippen molar-refractivity contribution >= 4 is 17.6 Å². The molecule has 1 heterocycles. The number of ether oxygens (including phenoxy) is 2. The Morgan fingerprint density at radius 3 is 2.90 bits per heavy atom. The second-order valence-electron chi connectivity index (χ2n) is 4.75. The molecule has 112 valence electrons. The highest BCUT2D eigenvalue weighted by molar-refractivity contribution is 5.94. The van der Waals surface area contributed by atoms with E-state index in [1.807, 2.05) is 25.1 Å². The maximum atomic E-state index is 11.4. The van der Waals surface area contributed by atoms with Gasteiger partial charge in [-0.1, -0.05) is 6.92 Å². The lowest BCUT2D eigenvalue weighted by Gasteiger charge is -2.17. The highest BCUT2D eigenvalue weighted by Gasteiger charge is 2.15. The average molecular weight is 289 g/mol. The first-order chi connectivity index (χ1) is 10.1. The van der Waals surface area contributed by atoms with Crippen molar-refractivity contribution in [2.24, 2.45) is 0 Å². The van der Waals surface area contributed by atoms with Crippen LogP contribution in [0.15, 0.2) is 29.8 Å². The molecule has 1 aromatic rings. The zero-order chi connectivity index (χ0) is 15.2. The van der Waals surface area contributed by atoms with Crippen molar-refractivity contribution in [2.45, 2.75) is 26.2 Å². The molecule has 0 saturated carbocycles. The van der Waals surface area contributed by atoms with Crippen molar-refractivity contribution < 1.29 is 19.1 Å². The molecular formula is C16H19NO4. The lowest BCUT2D eigenvalue weighted by molar-refractivity contribution is -0.136. The molecule has 5 heteroatoms. The number of fused-ring (bicyclic) bond motifs is 1. The van der Waals surface area contributed by atoms with Crippen LogP contribution in [0.4, 0.5) is 5.69 Å². The van der Waals surface area contributed by atoms with Crippen LogP contribution in [-0.4, -0.2) is 25.6 Å². The zero-order valence-electron chi connectivity index (χ0n) is 12.3. The highest BCUT2D eigenvalue weighted by atomic mass is 16.5. The molecule has 0 radical (unpaired) electrons. The fourth-order valence-corrected chi connectivity index (χ4v) is 2.19. The van der Waals surface area contributed by atoms with Gasteiger partial charge in [-0.05, 0) is 42.7 Å².